The normalized spacial score (nSPS) is 23.5. The first-order chi connectivity index (χ1) is 9.95. The molecule has 0 unspecified atom stereocenters. The van der Waals surface area contributed by atoms with E-state index in [2.05, 4.69) is 10.1 Å². The van der Waals surface area contributed by atoms with Crippen molar-refractivity contribution in [1.82, 2.24) is 14.4 Å². The monoisotopic (exact) mass is 307 g/mol. The second-order valence-corrected chi connectivity index (χ2v) is 7.37. The molecule has 6 nitrogen and oxygen atoms in total. The number of nitrogens with zero attached hydrogens (tertiary/aromatic N) is 3. The molecule has 2 aromatic rings. The van der Waals surface area contributed by atoms with E-state index in [4.69, 9.17) is 4.52 Å². The van der Waals surface area contributed by atoms with Gasteiger partial charge in [-0.25, -0.2) is 12.7 Å². The van der Waals surface area contributed by atoms with Gasteiger partial charge in [-0.1, -0.05) is 35.5 Å². The lowest BCUT2D eigenvalue weighted by atomic mass is 9.89. The summed E-state index contributed by atoms with van der Waals surface area (Å²) in [6, 6.07) is 9.86. The van der Waals surface area contributed by atoms with Crippen molar-refractivity contribution in [2.75, 3.05) is 19.3 Å². The minimum atomic E-state index is -3.23. The molecule has 0 amide bonds. The Morgan fingerprint density at radius 3 is 2.43 bits per heavy atom. The predicted octanol–water partition coefficient (Wildman–Crippen LogP) is 1.52. The highest BCUT2D eigenvalue weighted by atomic mass is 32.2. The van der Waals surface area contributed by atoms with Crippen LogP contribution >= 0.6 is 0 Å². The third-order valence-corrected chi connectivity index (χ3v) is 5.08. The highest BCUT2D eigenvalue weighted by molar-refractivity contribution is 7.88. The first-order valence-corrected chi connectivity index (χ1v) is 8.60. The lowest BCUT2D eigenvalue weighted by Crippen LogP contribution is -2.27. The zero-order chi connectivity index (χ0) is 15.0. The average Bonchev–Trinajstić information content (AvgIpc) is 3.05. The second-order valence-electron chi connectivity index (χ2n) is 5.38. The van der Waals surface area contributed by atoms with Gasteiger partial charge in [-0.05, 0) is 12.5 Å². The van der Waals surface area contributed by atoms with E-state index in [1.165, 1.54) is 10.6 Å². The SMILES string of the molecule is Cc1noc([C@@H]2CN(S(C)(=O)=O)C[C@H]2c2ccccc2)n1. The number of aryl methyl sites for hydroxylation is 1. The Morgan fingerprint density at radius 2 is 1.86 bits per heavy atom. The second kappa shape index (κ2) is 5.23. The molecule has 1 aliphatic rings. The van der Waals surface area contributed by atoms with Crippen LogP contribution in [0, 0.1) is 6.92 Å². The topological polar surface area (TPSA) is 76.3 Å². The standard InChI is InChI=1S/C14H17N3O3S/c1-10-15-14(20-16-10)13-9-17(21(2,18)19)8-12(13)11-6-4-3-5-7-11/h3-7,12-13H,8-9H2,1-2H3/t12-,13+/m0/s1. The predicted molar refractivity (Wildman–Crippen MR) is 77.4 cm³/mol. The van der Waals surface area contributed by atoms with E-state index < -0.39 is 10.0 Å². The third-order valence-electron chi connectivity index (χ3n) is 3.84. The van der Waals surface area contributed by atoms with Gasteiger partial charge in [0.05, 0.1) is 12.2 Å². The summed E-state index contributed by atoms with van der Waals surface area (Å²) < 4.78 is 30.5. The van der Waals surface area contributed by atoms with Crippen LogP contribution in [0.15, 0.2) is 34.9 Å². The van der Waals surface area contributed by atoms with Gasteiger partial charge < -0.3 is 4.52 Å². The summed E-state index contributed by atoms with van der Waals surface area (Å²) in [6.07, 6.45) is 1.23. The molecule has 1 fully saturated rings. The third kappa shape index (κ3) is 2.84. The quantitative estimate of drug-likeness (QED) is 0.859. The van der Waals surface area contributed by atoms with Crippen LogP contribution in [0.3, 0.4) is 0 Å². The maximum atomic E-state index is 11.9. The van der Waals surface area contributed by atoms with Crippen molar-refractivity contribution in [1.29, 1.82) is 0 Å². The number of hydrogen-bond donors (Lipinski definition) is 0. The lowest BCUT2D eigenvalue weighted by molar-refractivity contribution is 0.345. The average molecular weight is 307 g/mol. The molecule has 0 spiro atoms. The molecule has 0 radical (unpaired) electrons. The molecule has 1 aromatic heterocycles. The Bertz CT molecular complexity index is 727. The molecule has 1 saturated heterocycles. The summed E-state index contributed by atoms with van der Waals surface area (Å²) >= 11 is 0. The van der Waals surface area contributed by atoms with E-state index in [0.717, 1.165) is 5.56 Å². The summed E-state index contributed by atoms with van der Waals surface area (Å²) in [5.74, 6) is 0.992. The Kier molecular flexibility index (Phi) is 3.54. The van der Waals surface area contributed by atoms with Crippen molar-refractivity contribution in [3.63, 3.8) is 0 Å². The first kappa shape index (κ1) is 14.2. The molecule has 0 bridgehead atoms. The van der Waals surface area contributed by atoms with Gasteiger partial charge in [0.2, 0.25) is 15.9 Å². The van der Waals surface area contributed by atoms with E-state index in [9.17, 15) is 8.42 Å². The maximum absolute atomic E-state index is 11.9. The van der Waals surface area contributed by atoms with E-state index >= 15 is 0 Å². The van der Waals surface area contributed by atoms with Crippen molar-refractivity contribution < 1.29 is 12.9 Å². The maximum Gasteiger partial charge on any atom is 0.231 e. The van der Waals surface area contributed by atoms with E-state index in [1.54, 1.807) is 6.92 Å². The van der Waals surface area contributed by atoms with Gasteiger partial charge in [0.25, 0.3) is 0 Å². The van der Waals surface area contributed by atoms with Gasteiger partial charge in [-0.15, -0.1) is 0 Å². The van der Waals surface area contributed by atoms with Gasteiger partial charge in [-0.3, -0.25) is 0 Å². The summed E-state index contributed by atoms with van der Waals surface area (Å²) in [6.45, 7) is 2.57. The molecule has 21 heavy (non-hydrogen) atoms. The summed E-state index contributed by atoms with van der Waals surface area (Å²) in [7, 11) is -3.23. The van der Waals surface area contributed by atoms with E-state index in [-0.39, 0.29) is 11.8 Å². The Labute approximate surface area is 123 Å². The molecular weight excluding hydrogens is 290 g/mol. The fourth-order valence-electron chi connectivity index (χ4n) is 2.79. The zero-order valence-electron chi connectivity index (χ0n) is 11.9. The smallest absolute Gasteiger partial charge is 0.231 e. The number of benzene rings is 1. The summed E-state index contributed by atoms with van der Waals surface area (Å²) in [5, 5.41) is 3.82. The van der Waals surface area contributed by atoms with Crippen molar-refractivity contribution in [2.45, 2.75) is 18.8 Å². The molecule has 0 saturated carbocycles. The van der Waals surface area contributed by atoms with Crippen LogP contribution in [-0.2, 0) is 10.0 Å². The number of hydrogen-bond acceptors (Lipinski definition) is 5. The molecule has 0 N–H and O–H groups in total. The number of sulfonamides is 1. The molecule has 1 aromatic carbocycles. The minimum Gasteiger partial charge on any atom is -0.339 e. The molecular formula is C14H17N3O3S. The van der Waals surface area contributed by atoms with Crippen molar-refractivity contribution in [2.24, 2.45) is 0 Å². The van der Waals surface area contributed by atoms with Crippen LogP contribution in [0.4, 0.5) is 0 Å². The Hall–Kier alpha value is -1.73. The largest absolute Gasteiger partial charge is 0.339 e. The molecule has 2 heterocycles. The van der Waals surface area contributed by atoms with E-state index in [0.29, 0.717) is 24.8 Å². The van der Waals surface area contributed by atoms with Crippen LogP contribution in [0.25, 0.3) is 0 Å². The summed E-state index contributed by atoms with van der Waals surface area (Å²) in [5.41, 5.74) is 1.09. The van der Waals surface area contributed by atoms with Gasteiger partial charge in [0.1, 0.15) is 0 Å². The number of aromatic nitrogens is 2. The van der Waals surface area contributed by atoms with Gasteiger partial charge >= 0.3 is 0 Å². The lowest BCUT2D eigenvalue weighted by Gasteiger charge is -2.15. The summed E-state index contributed by atoms with van der Waals surface area (Å²) in [4.78, 5) is 4.29. The van der Waals surface area contributed by atoms with E-state index in [1.807, 2.05) is 30.3 Å². The fourth-order valence-corrected chi connectivity index (χ4v) is 3.65. The van der Waals surface area contributed by atoms with Gasteiger partial charge in [0.15, 0.2) is 5.82 Å². The highest BCUT2D eigenvalue weighted by Crippen LogP contribution is 2.39. The zero-order valence-corrected chi connectivity index (χ0v) is 12.7. The first-order valence-electron chi connectivity index (χ1n) is 6.75. The Balaban J connectivity index is 1.98. The van der Waals surface area contributed by atoms with Gasteiger partial charge in [-0.2, -0.15) is 4.98 Å². The van der Waals surface area contributed by atoms with Crippen molar-refractivity contribution in [3.05, 3.63) is 47.6 Å². The van der Waals surface area contributed by atoms with Crippen LogP contribution in [0.2, 0.25) is 0 Å². The molecule has 3 rings (SSSR count). The van der Waals surface area contributed by atoms with Crippen LogP contribution < -0.4 is 0 Å². The van der Waals surface area contributed by atoms with Crippen LogP contribution in [0.5, 0.6) is 0 Å². The van der Waals surface area contributed by atoms with Crippen LogP contribution in [0.1, 0.15) is 29.1 Å². The molecule has 2 atom stereocenters. The molecule has 7 heteroatoms. The number of rotatable bonds is 3. The van der Waals surface area contributed by atoms with Crippen LogP contribution in [-0.4, -0.2) is 42.2 Å². The van der Waals surface area contributed by atoms with Crippen molar-refractivity contribution >= 4 is 10.0 Å². The fraction of sp³-hybridized carbons (Fsp3) is 0.429. The molecule has 112 valence electrons. The molecule has 0 aliphatic carbocycles. The van der Waals surface area contributed by atoms with Gasteiger partial charge in [0, 0.05) is 19.0 Å². The van der Waals surface area contributed by atoms with Crippen molar-refractivity contribution in [3.8, 4) is 0 Å². The highest BCUT2D eigenvalue weighted by Gasteiger charge is 2.41. The Morgan fingerprint density at radius 1 is 1.19 bits per heavy atom. The minimum absolute atomic E-state index is 0.0285. The molecule has 1 aliphatic heterocycles.